The van der Waals surface area contributed by atoms with Crippen LogP contribution >= 0.6 is 11.6 Å². The van der Waals surface area contributed by atoms with Gasteiger partial charge in [-0.05, 0) is 25.5 Å². The molecule has 0 saturated carbocycles. The standard InChI is InChI=1S/C16H19ClN4O2/c1-3-4-7-16(2)14(22)21(15(23)19-16)10-12-9-20-8-11(17)5-6-13(20)18-12/h5-6,8-9H,3-4,7,10H2,1-2H3,(H,19,23). The normalized spacial score (nSPS) is 21.3. The van der Waals surface area contributed by atoms with Crippen LogP contribution in [0.3, 0.4) is 0 Å². The van der Waals surface area contributed by atoms with E-state index in [4.69, 9.17) is 11.6 Å². The smallest absolute Gasteiger partial charge is 0.323 e. The van der Waals surface area contributed by atoms with Crippen molar-refractivity contribution in [2.45, 2.75) is 45.2 Å². The molecule has 0 radical (unpaired) electrons. The summed E-state index contributed by atoms with van der Waals surface area (Å²) in [6.45, 7) is 4.00. The first-order chi connectivity index (χ1) is 10.9. The number of halogens is 1. The quantitative estimate of drug-likeness (QED) is 0.855. The van der Waals surface area contributed by atoms with Crippen LogP contribution in [0.15, 0.2) is 24.5 Å². The predicted octanol–water partition coefficient (Wildman–Crippen LogP) is 2.99. The van der Waals surface area contributed by atoms with Gasteiger partial charge in [0.05, 0.1) is 17.3 Å². The molecule has 1 unspecified atom stereocenters. The summed E-state index contributed by atoms with van der Waals surface area (Å²) in [7, 11) is 0. The van der Waals surface area contributed by atoms with Crippen molar-refractivity contribution in [3.63, 3.8) is 0 Å². The molecule has 2 aromatic rings. The fourth-order valence-corrected chi connectivity index (χ4v) is 3.01. The third kappa shape index (κ3) is 2.91. The van der Waals surface area contributed by atoms with Gasteiger partial charge in [0.2, 0.25) is 0 Å². The number of unbranched alkanes of at least 4 members (excludes halogenated alkanes) is 1. The monoisotopic (exact) mass is 334 g/mol. The highest BCUT2D eigenvalue weighted by Crippen LogP contribution is 2.25. The molecule has 122 valence electrons. The molecule has 2 aromatic heterocycles. The van der Waals surface area contributed by atoms with E-state index in [0.717, 1.165) is 18.5 Å². The number of fused-ring (bicyclic) bond motifs is 1. The molecule has 3 rings (SSSR count). The summed E-state index contributed by atoms with van der Waals surface area (Å²) in [6, 6.07) is 3.19. The number of imide groups is 1. The number of nitrogens with zero attached hydrogens (tertiary/aromatic N) is 3. The van der Waals surface area contributed by atoms with Crippen molar-refractivity contribution in [1.29, 1.82) is 0 Å². The molecule has 23 heavy (non-hydrogen) atoms. The van der Waals surface area contributed by atoms with Crippen molar-refractivity contribution in [1.82, 2.24) is 19.6 Å². The number of rotatable bonds is 5. The highest BCUT2D eigenvalue weighted by Gasteiger charge is 2.47. The molecule has 1 aliphatic rings. The Kier molecular flexibility index (Phi) is 4.02. The van der Waals surface area contributed by atoms with E-state index >= 15 is 0 Å². The Morgan fingerprint density at radius 1 is 1.30 bits per heavy atom. The van der Waals surface area contributed by atoms with Gasteiger partial charge in [0.1, 0.15) is 11.2 Å². The van der Waals surface area contributed by atoms with Gasteiger partial charge in [0, 0.05) is 12.4 Å². The van der Waals surface area contributed by atoms with Gasteiger partial charge in [-0.1, -0.05) is 31.4 Å². The lowest BCUT2D eigenvalue weighted by atomic mass is 9.95. The molecule has 0 spiro atoms. The summed E-state index contributed by atoms with van der Waals surface area (Å²) in [5.41, 5.74) is 0.566. The third-order valence-electron chi connectivity index (χ3n) is 4.16. The fourth-order valence-electron chi connectivity index (χ4n) is 2.85. The molecule has 7 heteroatoms. The van der Waals surface area contributed by atoms with Crippen LogP contribution < -0.4 is 5.32 Å². The molecule has 1 aliphatic heterocycles. The van der Waals surface area contributed by atoms with Crippen molar-refractivity contribution in [3.05, 3.63) is 35.2 Å². The Labute approximate surface area is 139 Å². The minimum atomic E-state index is -0.810. The first kappa shape index (κ1) is 15.8. The van der Waals surface area contributed by atoms with E-state index in [9.17, 15) is 9.59 Å². The SMILES string of the molecule is CCCCC1(C)NC(=O)N(Cc2cn3cc(Cl)ccc3n2)C1=O. The van der Waals surface area contributed by atoms with Gasteiger partial charge >= 0.3 is 6.03 Å². The number of pyridine rings is 1. The van der Waals surface area contributed by atoms with Gasteiger partial charge in [0.25, 0.3) is 5.91 Å². The van der Waals surface area contributed by atoms with Crippen molar-refractivity contribution in [2.24, 2.45) is 0 Å². The van der Waals surface area contributed by atoms with Crippen LogP contribution in [0.5, 0.6) is 0 Å². The van der Waals surface area contributed by atoms with Gasteiger partial charge in [-0.25, -0.2) is 9.78 Å². The first-order valence-electron chi connectivity index (χ1n) is 7.70. The molecule has 3 heterocycles. The average Bonchev–Trinajstić information content (AvgIpc) is 2.99. The number of aromatic nitrogens is 2. The minimum absolute atomic E-state index is 0.158. The van der Waals surface area contributed by atoms with Gasteiger partial charge < -0.3 is 9.72 Å². The van der Waals surface area contributed by atoms with Gasteiger partial charge in [-0.2, -0.15) is 0 Å². The Morgan fingerprint density at radius 2 is 2.09 bits per heavy atom. The van der Waals surface area contributed by atoms with Gasteiger partial charge in [0.15, 0.2) is 0 Å². The Balaban J connectivity index is 1.81. The molecule has 0 aromatic carbocycles. The van der Waals surface area contributed by atoms with Gasteiger partial charge in [-0.15, -0.1) is 0 Å². The summed E-state index contributed by atoms with van der Waals surface area (Å²) in [5.74, 6) is -0.189. The fraction of sp³-hybridized carbons (Fsp3) is 0.438. The lowest BCUT2D eigenvalue weighted by Gasteiger charge is -2.21. The molecule has 3 amide bonds. The minimum Gasteiger partial charge on any atom is -0.323 e. The summed E-state index contributed by atoms with van der Waals surface area (Å²) >= 11 is 5.95. The predicted molar refractivity (Wildman–Crippen MR) is 87.2 cm³/mol. The molecule has 1 atom stereocenters. The number of carbonyl (C=O) groups excluding carboxylic acids is 2. The van der Waals surface area contributed by atoms with Crippen LogP contribution in [-0.4, -0.2) is 31.8 Å². The molecular weight excluding hydrogens is 316 g/mol. The molecule has 0 bridgehead atoms. The molecule has 1 saturated heterocycles. The zero-order valence-electron chi connectivity index (χ0n) is 13.2. The van der Waals surface area contributed by atoms with E-state index in [1.807, 2.05) is 0 Å². The van der Waals surface area contributed by atoms with Crippen LogP contribution in [0.4, 0.5) is 4.79 Å². The molecule has 1 fully saturated rings. The van der Waals surface area contributed by atoms with E-state index in [1.54, 1.807) is 35.9 Å². The third-order valence-corrected chi connectivity index (χ3v) is 4.38. The highest BCUT2D eigenvalue weighted by atomic mass is 35.5. The zero-order chi connectivity index (χ0) is 16.6. The zero-order valence-corrected chi connectivity index (χ0v) is 13.9. The Bertz CT molecular complexity index is 773. The van der Waals surface area contributed by atoms with Crippen molar-refractivity contribution in [2.75, 3.05) is 0 Å². The lowest BCUT2D eigenvalue weighted by Crippen LogP contribution is -2.43. The number of nitrogens with one attached hydrogen (secondary N) is 1. The number of urea groups is 1. The van der Waals surface area contributed by atoms with E-state index in [1.165, 1.54) is 4.90 Å². The summed E-state index contributed by atoms with van der Waals surface area (Å²) in [6.07, 6.45) is 6.04. The van der Waals surface area contributed by atoms with Crippen LogP contribution in [-0.2, 0) is 11.3 Å². The van der Waals surface area contributed by atoms with Crippen LogP contribution in [0.2, 0.25) is 5.02 Å². The average molecular weight is 335 g/mol. The number of hydrogen-bond donors (Lipinski definition) is 1. The van der Waals surface area contributed by atoms with Crippen molar-refractivity contribution >= 4 is 29.2 Å². The highest BCUT2D eigenvalue weighted by molar-refractivity contribution is 6.30. The second kappa shape index (κ2) is 5.85. The second-order valence-electron chi connectivity index (χ2n) is 6.10. The van der Waals surface area contributed by atoms with Crippen molar-refractivity contribution < 1.29 is 9.59 Å². The van der Waals surface area contributed by atoms with E-state index in [0.29, 0.717) is 17.1 Å². The van der Waals surface area contributed by atoms with E-state index < -0.39 is 5.54 Å². The first-order valence-corrected chi connectivity index (χ1v) is 8.08. The molecule has 0 aliphatic carbocycles. The number of hydrogen-bond acceptors (Lipinski definition) is 3. The van der Waals surface area contributed by atoms with Gasteiger partial charge in [-0.3, -0.25) is 9.69 Å². The number of carbonyl (C=O) groups is 2. The summed E-state index contributed by atoms with van der Waals surface area (Å²) in [4.78, 5) is 30.4. The van der Waals surface area contributed by atoms with Crippen LogP contribution in [0, 0.1) is 0 Å². The summed E-state index contributed by atoms with van der Waals surface area (Å²) < 4.78 is 1.78. The Morgan fingerprint density at radius 3 is 2.83 bits per heavy atom. The maximum absolute atomic E-state index is 12.6. The Hall–Kier alpha value is -2.08. The number of amides is 3. The maximum Gasteiger partial charge on any atom is 0.325 e. The van der Waals surface area contributed by atoms with E-state index in [2.05, 4.69) is 17.2 Å². The second-order valence-corrected chi connectivity index (χ2v) is 6.54. The maximum atomic E-state index is 12.6. The topological polar surface area (TPSA) is 66.7 Å². The van der Waals surface area contributed by atoms with Crippen LogP contribution in [0.1, 0.15) is 38.8 Å². The lowest BCUT2D eigenvalue weighted by molar-refractivity contribution is -0.131. The molecule has 6 nitrogen and oxygen atoms in total. The summed E-state index contributed by atoms with van der Waals surface area (Å²) in [5, 5.41) is 3.41. The molecular formula is C16H19ClN4O2. The largest absolute Gasteiger partial charge is 0.325 e. The number of imidazole rings is 1. The van der Waals surface area contributed by atoms with Crippen LogP contribution in [0.25, 0.3) is 5.65 Å². The molecule has 1 N–H and O–H groups in total. The van der Waals surface area contributed by atoms with E-state index in [-0.39, 0.29) is 18.5 Å². The van der Waals surface area contributed by atoms with Crippen molar-refractivity contribution in [3.8, 4) is 0 Å².